The third kappa shape index (κ3) is 2.69. The lowest BCUT2D eigenvalue weighted by Gasteiger charge is -2.20. The number of carbonyl (C=O) groups is 1. The van der Waals surface area contributed by atoms with E-state index in [0.717, 1.165) is 12.1 Å². The smallest absolute Gasteiger partial charge is 0.200 e. The number of aromatic hydroxyl groups is 2. The first kappa shape index (κ1) is 18.3. The van der Waals surface area contributed by atoms with Crippen molar-refractivity contribution in [1.82, 2.24) is 14.7 Å². The maximum absolute atomic E-state index is 13.3. The first-order valence-corrected chi connectivity index (χ1v) is 9.16. The molecule has 8 nitrogen and oxygen atoms in total. The molecule has 1 aliphatic carbocycles. The number of hydrogen-bond acceptors (Lipinski definition) is 7. The molecule has 1 aliphatic rings. The van der Waals surface area contributed by atoms with Crippen LogP contribution in [0.25, 0.3) is 22.2 Å². The lowest BCUT2D eigenvalue weighted by Crippen LogP contribution is -2.19. The molecule has 1 aromatic heterocycles. The van der Waals surface area contributed by atoms with Gasteiger partial charge in [-0.25, -0.2) is 0 Å². The predicted octanol–water partition coefficient (Wildman–Crippen LogP) is 1.59. The average Bonchev–Trinajstić information content (AvgIpc) is 3.03. The van der Waals surface area contributed by atoms with E-state index in [1.165, 1.54) is 12.1 Å². The molecule has 1 heterocycles. The van der Waals surface area contributed by atoms with Gasteiger partial charge in [0.1, 0.15) is 17.2 Å². The van der Waals surface area contributed by atoms with Crippen LogP contribution in [0.2, 0.25) is 0 Å². The summed E-state index contributed by atoms with van der Waals surface area (Å²) in [5, 5.41) is 29.4. The molecule has 0 saturated heterocycles. The van der Waals surface area contributed by atoms with E-state index in [9.17, 15) is 15.0 Å². The molecule has 4 rings (SSSR count). The molecule has 2 aromatic carbocycles. The molecule has 0 fully saturated rings. The maximum Gasteiger partial charge on any atom is 0.200 e. The molecule has 0 amide bonds. The summed E-state index contributed by atoms with van der Waals surface area (Å²) in [5.74, 6) is -0.590. The molecular formula is C20H23N5O3. The van der Waals surface area contributed by atoms with E-state index in [4.69, 9.17) is 10.8 Å². The lowest BCUT2D eigenvalue weighted by atomic mass is 9.85. The Labute approximate surface area is 162 Å². The second-order valence-electron chi connectivity index (χ2n) is 7.16. The number of nitrogens with zero attached hydrogens (tertiary/aromatic N) is 3. The highest BCUT2D eigenvalue weighted by atomic mass is 16.3. The summed E-state index contributed by atoms with van der Waals surface area (Å²) in [4.78, 5) is 15.4. The largest absolute Gasteiger partial charge is 0.507 e. The zero-order valence-corrected chi connectivity index (χ0v) is 15.9. The molecule has 0 saturated carbocycles. The minimum absolute atomic E-state index is 0.0775. The summed E-state index contributed by atoms with van der Waals surface area (Å²) >= 11 is 0. The van der Waals surface area contributed by atoms with Crippen LogP contribution >= 0.6 is 0 Å². The summed E-state index contributed by atoms with van der Waals surface area (Å²) in [6, 6.07) is 6.47. The van der Waals surface area contributed by atoms with Gasteiger partial charge in [0, 0.05) is 30.7 Å². The highest BCUT2D eigenvalue weighted by molar-refractivity contribution is 6.29. The Kier molecular flexibility index (Phi) is 4.44. The van der Waals surface area contributed by atoms with Crippen molar-refractivity contribution in [2.75, 3.05) is 39.0 Å². The molecule has 8 heteroatoms. The first-order valence-electron chi connectivity index (χ1n) is 9.16. The number of nitrogens with two attached hydrogens (primary N) is 1. The summed E-state index contributed by atoms with van der Waals surface area (Å²) in [7, 11) is 3.96. The van der Waals surface area contributed by atoms with Gasteiger partial charge in [-0.2, -0.15) is 5.10 Å². The monoisotopic (exact) mass is 381 g/mol. The average molecular weight is 381 g/mol. The predicted molar refractivity (Wildman–Crippen MR) is 108 cm³/mol. The minimum atomic E-state index is -0.340. The van der Waals surface area contributed by atoms with Crippen LogP contribution in [0.5, 0.6) is 11.5 Å². The molecule has 0 spiro atoms. The second kappa shape index (κ2) is 6.81. The molecule has 28 heavy (non-hydrogen) atoms. The van der Waals surface area contributed by atoms with Crippen LogP contribution in [0.4, 0.5) is 5.69 Å². The Morgan fingerprint density at radius 1 is 1.11 bits per heavy atom. The SMILES string of the molecule is CN(C)CCn1nc2c3c(c(NCCN)ccc31)C(=O)c1c(O)ccc(O)c1-2. The number of nitrogens with one attached hydrogen (secondary N) is 1. The molecule has 0 bridgehead atoms. The van der Waals surface area contributed by atoms with Crippen molar-refractivity contribution >= 4 is 22.4 Å². The van der Waals surface area contributed by atoms with Crippen molar-refractivity contribution < 1.29 is 15.0 Å². The van der Waals surface area contributed by atoms with E-state index < -0.39 is 0 Å². The first-order chi connectivity index (χ1) is 13.4. The fourth-order valence-corrected chi connectivity index (χ4v) is 3.68. The van der Waals surface area contributed by atoms with Gasteiger partial charge in [-0.1, -0.05) is 0 Å². The van der Waals surface area contributed by atoms with Crippen molar-refractivity contribution in [2.45, 2.75) is 6.54 Å². The van der Waals surface area contributed by atoms with Gasteiger partial charge in [-0.3, -0.25) is 9.48 Å². The summed E-state index contributed by atoms with van der Waals surface area (Å²) in [6.45, 7) is 2.32. The molecule has 0 radical (unpaired) electrons. The molecule has 0 unspecified atom stereocenters. The van der Waals surface area contributed by atoms with E-state index in [1.807, 2.05) is 35.8 Å². The number of rotatable bonds is 6. The van der Waals surface area contributed by atoms with Crippen LogP contribution in [-0.4, -0.2) is 64.4 Å². The number of likely N-dealkylation sites (N-methyl/N-ethyl adjacent to an activating group) is 1. The van der Waals surface area contributed by atoms with Crippen molar-refractivity contribution in [3.8, 4) is 22.8 Å². The highest BCUT2D eigenvalue weighted by Crippen LogP contribution is 2.47. The fraction of sp³-hybridized carbons (Fsp3) is 0.300. The topological polar surface area (TPSA) is 117 Å². The van der Waals surface area contributed by atoms with Crippen LogP contribution in [0, 0.1) is 0 Å². The molecular weight excluding hydrogens is 358 g/mol. The van der Waals surface area contributed by atoms with Gasteiger partial charge in [-0.15, -0.1) is 0 Å². The number of hydrogen-bond donors (Lipinski definition) is 4. The number of phenols is 2. The Bertz CT molecular complexity index is 1090. The van der Waals surface area contributed by atoms with Crippen molar-refractivity contribution in [3.63, 3.8) is 0 Å². The Hall–Kier alpha value is -3.10. The maximum atomic E-state index is 13.3. The number of benzene rings is 2. The number of phenolic OH excluding ortho intramolecular Hbond substituents is 2. The third-order valence-electron chi connectivity index (χ3n) is 4.99. The van der Waals surface area contributed by atoms with E-state index in [2.05, 4.69) is 5.32 Å². The summed E-state index contributed by atoms with van der Waals surface area (Å²) in [5.41, 5.74) is 8.37. The summed E-state index contributed by atoms with van der Waals surface area (Å²) in [6.07, 6.45) is 0. The fourth-order valence-electron chi connectivity index (χ4n) is 3.68. The van der Waals surface area contributed by atoms with E-state index in [0.29, 0.717) is 42.0 Å². The summed E-state index contributed by atoms with van der Waals surface area (Å²) < 4.78 is 1.84. The van der Waals surface area contributed by atoms with Gasteiger partial charge in [0.05, 0.1) is 28.8 Å². The van der Waals surface area contributed by atoms with Gasteiger partial charge in [0.25, 0.3) is 0 Å². The van der Waals surface area contributed by atoms with Crippen LogP contribution in [0.1, 0.15) is 15.9 Å². The zero-order chi connectivity index (χ0) is 20.0. The lowest BCUT2D eigenvalue weighted by molar-refractivity contribution is 0.103. The Morgan fingerprint density at radius 2 is 1.82 bits per heavy atom. The zero-order valence-electron chi connectivity index (χ0n) is 15.9. The van der Waals surface area contributed by atoms with Gasteiger partial charge in [0.15, 0.2) is 5.78 Å². The Morgan fingerprint density at radius 3 is 2.50 bits per heavy atom. The van der Waals surface area contributed by atoms with Gasteiger partial charge in [0.2, 0.25) is 0 Å². The van der Waals surface area contributed by atoms with Crippen LogP contribution in [-0.2, 0) is 6.54 Å². The van der Waals surface area contributed by atoms with E-state index in [1.54, 1.807) is 0 Å². The van der Waals surface area contributed by atoms with Gasteiger partial charge < -0.3 is 26.2 Å². The third-order valence-corrected chi connectivity index (χ3v) is 4.99. The van der Waals surface area contributed by atoms with Crippen molar-refractivity contribution in [3.05, 3.63) is 35.4 Å². The molecule has 0 atom stereocenters. The number of ketones is 1. The number of anilines is 1. The van der Waals surface area contributed by atoms with Crippen LogP contribution in [0.3, 0.4) is 0 Å². The van der Waals surface area contributed by atoms with Crippen LogP contribution in [0.15, 0.2) is 24.3 Å². The number of carbonyl (C=O) groups excluding carboxylic acids is 1. The normalized spacial score (nSPS) is 12.6. The standard InChI is InChI=1S/C20H23N5O3/c1-24(2)9-10-25-12-4-3-11(22-8-7-21)15-16(12)19(23-25)17-13(26)5-6-14(27)18(17)20(15)28/h3-6,22,26-27H,7-10,21H2,1-2H3. The molecule has 0 aliphatic heterocycles. The number of aromatic nitrogens is 2. The Balaban J connectivity index is 2.03. The molecule has 5 N–H and O–H groups in total. The van der Waals surface area contributed by atoms with Gasteiger partial charge >= 0.3 is 0 Å². The highest BCUT2D eigenvalue weighted by Gasteiger charge is 2.35. The van der Waals surface area contributed by atoms with Crippen molar-refractivity contribution in [1.29, 1.82) is 0 Å². The molecule has 3 aromatic rings. The number of fused-ring (bicyclic) bond motifs is 2. The minimum Gasteiger partial charge on any atom is -0.507 e. The van der Waals surface area contributed by atoms with Gasteiger partial charge in [-0.05, 0) is 38.4 Å². The second-order valence-corrected chi connectivity index (χ2v) is 7.16. The van der Waals surface area contributed by atoms with E-state index >= 15 is 0 Å². The van der Waals surface area contributed by atoms with Crippen molar-refractivity contribution in [2.24, 2.45) is 5.73 Å². The molecule has 146 valence electrons. The van der Waals surface area contributed by atoms with Crippen LogP contribution < -0.4 is 11.1 Å². The quantitative estimate of drug-likeness (QED) is 0.375. The van der Waals surface area contributed by atoms with E-state index in [-0.39, 0.29) is 28.4 Å².